The van der Waals surface area contributed by atoms with Gasteiger partial charge >= 0.3 is 11.8 Å². The molecule has 2 aromatic heterocycles. The van der Waals surface area contributed by atoms with E-state index in [4.69, 9.17) is 0 Å². The molecule has 3 rings (SSSR count). The van der Waals surface area contributed by atoms with Crippen molar-refractivity contribution in [3.05, 3.63) is 36.8 Å². The molecule has 10 heteroatoms. The average Bonchev–Trinajstić information content (AvgIpc) is 3.20. The van der Waals surface area contributed by atoms with Gasteiger partial charge in [-0.25, -0.2) is 4.68 Å². The van der Waals surface area contributed by atoms with Crippen LogP contribution in [-0.2, 0) is 19.2 Å². The molecule has 1 fully saturated rings. The number of nitrogens with zero attached hydrogens (tertiary/aromatic N) is 4. The molecule has 1 aliphatic heterocycles. The van der Waals surface area contributed by atoms with E-state index in [2.05, 4.69) is 20.7 Å². The molecule has 2 N–H and O–H groups in total. The van der Waals surface area contributed by atoms with Gasteiger partial charge in [0.25, 0.3) is 5.91 Å². The molecule has 1 saturated heterocycles. The van der Waals surface area contributed by atoms with E-state index < -0.39 is 23.8 Å². The van der Waals surface area contributed by atoms with Gasteiger partial charge in [0.2, 0.25) is 5.91 Å². The second-order valence-corrected chi connectivity index (χ2v) is 6.21. The Morgan fingerprint density at radius 3 is 2.44 bits per heavy atom. The number of pyridine rings is 1. The number of hydrogen-bond acceptors (Lipinski definition) is 6. The molecule has 0 aliphatic carbocycles. The summed E-state index contributed by atoms with van der Waals surface area (Å²) in [6.07, 6.45) is 4.44. The standard InChI is InChI=1S/C17H18N6O4/c1-10(2)22-14(24)9-12(17(22)27)20-15(25)16(26)21-13-5-8-19-23(13)11-3-6-18-7-4-11/h3-8,10,12H,9H2,1-2H3,(H,20,25)(H,21,26)/t12-/m0/s1. The Balaban J connectivity index is 1.66. The number of likely N-dealkylation sites (tertiary alicyclic amines) is 1. The molecule has 4 amide bonds. The van der Waals surface area contributed by atoms with Crippen molar-refractivity contribution in [2.45, 2.75) is 32.4 Å². The number of amides is 4. The van der Waals surface area contributed by atoms with Gasteiger partial charge in [0.05, 0.1) is 18.3 Å². The van der Waals surface area contributed by atoms with Gasteiger partial charge in [0, 0.05) is 24.5 Å². The van der Waals surface area contributed by atoms with Crippen LogP contribution in [0.2, 0.25) is 0 Å². The van der Waals surface area contributed by atoms with Crippen molar-refractivity contribution < 1.29 is 19.2 Å². The normalized spacial score (nSPS) is 16.7. The molecule has 27 heavy (non-hydrogen) atoms. The lowest BCUT2D eigenvalue weighted by Crippen LogP contribution is -2.47. The Kier molecular flexibility index (Phi) is 4.97. The first-order valence-electron chi connectivity index (χ1n) is 8.30. The van der Waals surface area contributed by atoms with Crippen LogP contribution in [0.3, 0.4) is 0 Å². The number of nitrogens with one attached hydrogen (secondary N) is 2. The second-order valence-electron chi connectivity index (χ2n) is 6.21. The summed E-state index contributed by atoms with van der Waals surface area (Å²) in [5.74, 6) is -2.59. The van der Waals surface area contributed by atoms with Gasteiger partial charge < -0.3 is 10.6 Å². The molecular weight excluding hydrogens is 352 g/mol. The van der Waals surface area contributed by atoms with E-state index in [1.807, 2.05) is 0 Å². The zero-order valence-electron chi connectivity index (χ0n) is 14.7. The molecule has 3 heterocycles. The molecule has 0 bridgehead atoms. The molecule has 0 radical (unpaired) electrons. The van der Waals surface area contributed by atoms with Crippen LogP contribution in [0.1, 0.15) is 20.3 Å². The highest BCUT2D eigenvalue weighted by atomic mass is 16.2. The Hall–Kier alpha value is -3.56. The van der Waals surface area contributed by atoms with Gasteiger partial charge in [-0.05, 0) is 26.0 Å². The molecular formula is C17H18N6O4. The zero-order valence-corrected chi connectivity index (χ0v) is 14.7. The number of carbonyl (C=O) groups is 4. The Morgan fingerprint density at radius 2 is 1.81 bits per heavy atom. The predicted octanol–water partition coefficient (Wildman–Crippen LogP) is -0.142. The van der Waals surface area contributed by atoms with Crippen LogP contribution in [0.25, 0.3) is 5.69 Å². The zero-order chi connectivity index (χ0) is 19.6. The first kappa shape index (κ1) is 18.2. The van der Waals surface area contributed by atoms with Gasteiger partial charge in [0.1, 0.15) is 11.9 Å². The second kappa shape index (κ2) is 7.36. The number of rotatable bonds is 4. The molecule has 140 valence electrons. The van der Waals surface area contributed by atoms with Crippen molar-refractivity contribution in [2.24, 2.45) is 0 Å². The Labute approximate surface area is 154 Å². The summed E-state index contributed by atoms with van der Waals surface area (Å²) in [5, 5.41) is 8.85. The largest absolute Gasteiger partial charge is 0.335 e. The maximum Gasteiger partial charge on any atom is 0.314 e. The summed E-state index contributed by atoms with van der Waals surface area (Å²) in [4.78, 5) is 53.4. The first-order chi connectivity index (χ1) is 12.9. The summed E-state index contributed by atoms with van der Waals surface area (Å²) >= 11 is 0. The van der Waals surface area contributed by atoms with E-state index in [-0.39, 0.29) is 24.2 Å². The number of hydrogen-bond donors (Lipinski definition) is 2. The summed E-state index contributed by atoms with van der Waals surface area (Å²) in [7, 11) is 0. The highest BCUT2D eigenvalue weighted by molar-refractivity contribution is 6.40. The summed E-state index contributed by atoms with van der Waals surface area (Å²) < 4.78 is 1.43. The van der Waals surface area contributed by atoms with Crippen LogP contribution >= 0.6 is 0 Å². The molecule has 2 aromatic rings. The van der Waals surface area contributed by atoms with Crippen LogP contribution in [0.4, 0.5) is 5.82 Å². The van der Waals surface area contributed by atoms with Crippen molar-refractivity contribution in [1.82, 2.24) is 25.0 Å². The van der Waals surface area contributed by atoms with Crippen molar-refractivity contribution in [2.75, 3.05) is 5.32 Å². The molecule has 0 spiro atoms. The summed E-state index contributed by atoms with van der Waals surface area (Å²) in [6.45, 7) is 3.40. The number of imide groups is 1. The Bertz CT molecular complexity index is 892. The number of aromatic nitrogens is 3. The minimum atomic E-state index is -1.04. The Morgan fingerprint density at radius 1 is 1.11 bits per heavy atom. The maximum atomic E-state index is 12.2. The van der Waals surface area contributed by atoms with E-state index in [0.717, 1.165) is 4.90 Å². The third kappa shape index (κ3) is 3.68. The fourth-order valence-corrected chi connectivity index (χ4v) is 2.79. The van der Waals surface area contributed by atoms with Crippen LogP contribution in [0.15, 0.2) is 36.8 Å². The molecule has 0 unspecified atom stereocenters. The van der Waals surface area contributed by atoms with Crippen molar-refractivity contribution in [3.63, 3.8) is 0 Å². The van der Waals surface area contributed by atoms with Crippen LogP contribution < -0.4 is 10.6 Å². The maximum absolute atomic E-state index is 12.2. The highest BCUT2D eigenvalue weighted by Crippen LogP contribution is 2.17. The lowest BCUT2D eigenvalue weighted by molar-refractivity contribution is -0.142. The highest BCUT2D eigenvalue weighted by Gasteiger charge is 2.41. The fourth-order valence-electron chi connectivity index (χ4n) is 2.79. The van der Waals surface area contributed by atoms with E-state index >= 15 is 0 Å². The molecule has 1 atom stereocenters. The number of carbonyl (C=O) groups excluding carboxylic acids is 4. The third-order valence-electron chi connectivity index (χ3n) is 4.00. The van der Waals surface area contributed by atoms with Crippen LogP contribution in [-0.4, -0.2) is 55.4 Å². The topological polar surface area (TPSA) is 126 Å². The van der Waals surface area contributed by atoms with Gasteiger partial charge in [-0.3, -0.25) is 29.1 Å². The van der Waals surface area contributed by atoms with Gasteiger partial charge in [-0.1, -0.05) is 0 Å². The van der Waals surface area contributed by atoms with E-state index in [1.165, 1.54) is 16.9 Å². The van der Waals surface area contributed by atoms with E-state index in [1.54, 1.807) is 38.4 Å². The van der Waals surface area contributed by atoms with Gasteiger partial charge in [-0.15, -0.1) is 0 Å². The van der Waals surface area contributed by atoms with Gasteiger partial charge in [0.15, 0.2) is 0 Å². The van der Waals surface area contributed by atoms with Crippen LogP contribution in [0, 0.1) is 0 Å². The summed E-state index contributed by atoms with van der Waals surface area (Å²) in [5.41, 5.74) is 0.648. The molecule has 0 saturated carbocycles. The monoisotopic (exact) mass is 370 g/mol. The van der Waals surface area contributed by atoms with Crippen LogP contribution in [0.5, 0.6) is 0 Å². The van der Waals surface area contributed by atoms with Crippen molar-refractivity contribution in [1.29, 1.82) is 0 Å². The van der Waals surface area contributed by atoms with E-state index in [0.29, 0.717) is 5.69 Å². The SMILES string of the molecule is CC(C)N1C(=O)C[C@H](NC(=O)C(=O)Nc2ccnn2-c2ccncc2)C1=O. The number of anilines is 1. The lowest BCUT2D eigenvalue weighted by Gasteiger charge is -2.19. The predicted molar refractivity (Wildman–Crippen MR) is 93.5 cm³/mol. The molecule has 0 aromatic carbocycles. The molecule has 10 nitrogen and oxygen atoms in total. The van der Waals surface area contributed by atoms with Crippen molar-refractivity contribution >= 4 is 29.4 Å². The molecule has 1 aliphatic rings. The minimum absolute atomic E-state index is 0.162. The summed E-state index contributed by atoms with van der Waals surface area (Å²) in [6, 6.07) is 3.55. The van der Waals surface area contributed by atoms with Gasteiger partial charge in [-0.2, -0.15) is 5.10 Å². The first-order valence-corrected chi connectivity index (χ1v) is 8.30. The smallest absolute Gasteiger partial charge is 0.314 e. The lowest BCUT2D eigenvalue weighted by atomic mass is 10.2. The van der Waals surface area contributed by atoms with Crippen molar-refractivity contribution in [3.8, 4) is 5.69 Å². The average molecular weight is 370 g/mol. The van der Waals surface area contributed by atoms with E-state index in [9.17, 15) is 19.2 Å². The minimum Gasteiger partial charge on any atom is -0.335 e. The fraction of sp³-hybridized carbons (Fsp3) is 0.294. The third-order valence-corrected chi connectivity index (χ3v) is 4.00. The quantitative estimate of drug-likeness (QED) is 0.570.